The van der Waals surface area contributed by atoms with Crippen LogP contribution < -0.4 is 5.73 Å². The van der Waals surface area contributed by atoms with Crippen molar-refractivity contribution in [3.8, 4) is 0 Å². The Bertz CT molecular complexity index is 827. The van der Waals surface area contributed by atoms with Crippen molar-refractivity contribution in [2.45, 2.75) is 17.0 Å². The molecule has 7 heteroatoms. The molecule has 0 amide bonds. The Hall–Kier alpha value is -2.54. The Kier molecular flexibility index (Phi) is 3.49. The van der Waals surface area contributed by atoms with Crippen LogP contribution in [-0.4, -0.2) is 25.6 Å². The van der Waals surface area contributed by atoms with Crippen molar-refractivity contribution in [3.63, 3.8) is 0 Å². The van der Waals surface area contributed by atoms with Gasteiger partial charge in [0.1, 0.15) is 0 Å². The van der Waals surface area contributed by atoms with E-state index in [2.05, 4.69) is 15.4 Å². The number of fused-ring (bicyclic) bond motifs is 1. The first-order valence-corrected chi connectivity index (χ1v) is 7.07. The number of benzene rings is 1. The van der Waals surface area contributed by atoms with Gasteiger partial charge in [-0.2, -0.15) is 0 Å². The number of hydrogen-bond acceptors (Lipinski definition) is 5. The van der Waals surface area contributed by atoms with Gasteiger partial charge in [-0.15, -0.1) is 10.2 Å². The molecule has 6 nitrogen and oxygen atoms in total. The Morgan fingerprint density at radius 2 is 2.14 bits per heavy atom. The smallest absolute Gasteiger partial charge is 0.200 e. The molecule has 3 rings (SSSR count). The fourth-order valence-electron chi connectivity index (χ4n) is 1.97. The van der Waals surface area contributed by atoms with E-state index in [4.69, 9.17) is 10.9 Å². The number of rotatable bonds is 3. The van der Waals surface area contributed by atoms with Gasteiger partial charge < -0.3 is 10.9 Å². The van der Waals surface area contributed by atoms with Gasteiger partial charge in [-0.25, -0.2) is 0 Å². The normalized spacial score (nSPS) is 12.0. The molecule has 3 aromatic rings. The lowest BCUT2D eigenvalue weighted by molar-refractivity contribution is 0.318. The maximum Gasteiger partial charge on any atom is 0.200 e. The highest BCUT2D eigenvalue weighted by molar-refractivity contribution is 7.99. The van der Waals surface area contributed by atoms with Gasteiger partial charge in [-0.3, -0.25) is 4.40 Å². The van der Waals surface area contributed by atoms with Crippen LogP contribution in [0.2, 0.25) is 0 Å². The summed E-state index contributed by atoms with van der Waals surface area (Å²) < 4.78 is 1.89. The Morgan fingerprint density at radius 3 is 2.95 bits per heavy atom. The van der Waals surface area contributed by atoms with Gasteiger partial charge in [0.2, 0.25) is 0 Å². The highest BCUT2D eigenvalue weighted by Crippen LogP contribution is 2.30. The Balaban J connectivity index is 2.07. The zero-order valence-electron chi connectivity index (χ0n) is 11.3. The fraction of sp³-hybridized carbons (Fsp3) is 0.0714. The molecule has 2 aromatic heterocycles. The minimum absolute atomic E-state index is 0.0753. The van der Waals surface area contributed by atoms with Gasteiger partial charge in [0.25, 0.3) is 0 Å². The van der Waals surface area contributed by atoms with Crippen molar-refractivity contribution in [1.29, 1.82) is 0 Å². The minimum atomic E-state index is 0.0753. The number of aromatic nitrogens is 3. The molecule has 0 aliphatic carbocycles. The van der Waals surface area contributed by atoms with Crippen LogP contribution in [0.5, 0.6) is 0 Å². The van der Waals surface area contributed by atoms with E-state index in [1.807, 2.05) is 53.9 Å². The number of aryl methyl sites for hydroxylation is 1. The quantitative estimate of drug-likeness (QED) is 0.335. The molecule has 106 valence electrons. The second kappa shape index (κ2) is 5.45. The molecule has 0 aliphatic rings. The molecule has 2 heterocycles. The van der Waals surface area contributed by atoms with Crippen LogP contribution >= 0.6 is 11.8 Å². The predicted molar refractivity (Wildman–Crippen MR) is 80.8 cm³/mol. The lowest BCUT2D eigenvalue weighted by Gasteiger charge is -2.08. The molecular weight excluding hydrogens is 286 g/mol. The highest BCUT2D eigenvalue weighted by Gasteiger charge is 2.12. The molecule has 0 fully saturated rings. The molecule has 0 atom stereocenters. The summed E-state index contributed by atoms with van der Waals surface area (Å²) in [7, 11) is 0. The minimum Gasteiger partial charge on any atom is -0.409 e. The van der Waals surface area contributed by atoms with Crippen LogP contribution in [0.4, 0.5) is 0 Å². The zero-order chi connectivity index (χ0) is 14.8. The molecule has 3 N–H and O–H groups in total. The first-order valence-electron chi connectivity index (χ1n) is 6.25. The van der Waals surface area contributed by atoms with Crippen LogP contribution in [0.3, 0.4) is 0 Å². The van der Waals surface area contributed by atoms with E-state index >= 15 is 0 Å². The molecule has 0 bridgehead atoms. The predicted octanol–water partition coefficient (Wildman–Crippen LogP) is 2.28. The fourth-order valence-corrected chi connectivity index (χ4v) is 3.03. The van der Waals surface area contributed by atoms with Crippen LogP contribution in [-0.2, 0) is 0 Å². The second-order valence-electron chi connectivity index (χ2n) is 4.50. The van der Waals surface area contributed by atoms with E-state index in [-0.39, 0.29) is 5.84 Å². The van der Waals surface area contributed by atoms with Crippen molar-refractivity contribution in [2.24, 2.45) is 10.9 Å². The summed E-state index contributed by atoms with van der Waals surface area (Å²) in [6.07, 6.45) is 1.90. The van der Waals surface area contributed by atoms with Crippen LogP contribution in [0.25, 0.3) is 5.65 Å². The van der Waals surface area contributed by atoms with Crippen molar-refractivity contribution < 1.29 is 5.21 Å². The molecular formula is C14H13N5OS. The first-order chi connectivity index (χ1) is 10.2. The zero-order valence-corrected chi connectivity index (χ0v) is 12.1. The van der Waals surface area contributed by atoms with Gasteiger partial charge in [-0.05, 0) is 48.5 Å². The summed E-state index contributed by atoms with van der Waals surface area (Å²) in [5.74, 6) is 0.0753. The lowest BCUT2D eigenvalue weighted by Crippen LogP contribution is -2.14. The molecule has 0 unspecified atom stereocenters. The van der Waals surface area contributed by atoms with Gasteiger partial charge in [-0.1, -0.05) is 17.3 Å². The lowest BCUT2D eigenvalue weighted by atomic mass is 10.1. The van der Waals surface area contributed by atoms with E-state index in [1.165, 1.54) is 11.8 Å². The number of pyridine rings is 1. The number of amidine groups is 1. The number of nitrogens with zero attached hydrogens (tertiary/aromatic N) is 4. The summed E-state index contributed by atoms with van der Waals surface area (Å²) in [6.45, 7) is 1.99. The third-order valence-corrected chi connectivity index (χ3v) is 4.02. The standard InChI is InChI=1S/C14H13N5OS/c1-9-5-6-10(13(15)18-20)11(8-9)21-14-17-16-12-4-2-3-7-19(12)14/h2-8,20H,1H3,(H2,15,18). The van der Waals surface area contributed by atoms with Gasteiger partial charge in [0, 0.05) is 16.7 Å². The first kappa shape index (κ1) is 13.4. The second-order valence-corrected chi connectivity index (χ2v) is 5.51. The summed E-state index contributed by atoms with van der Waals surface area (Å²) in [4.78, 5) is 0.864. The van der Waals surface area contributed by atoms with Gasteiger partial charge in [0.15, 0.2) is 16.6 Å². The maximum atomic E-state index is 8.90. The number of oxime groups is 1. The monoisotopic (exact) mass is 299 g/mol. The SMILES string of the molecule is Cc1ccc(C(N)=NO)c(Sc2nnc3ccccn23)c1. The topological polar surface area (TPSA) is 88.8 Å². The van der Waals surface area contributed by atoms with Crippen molar-refractivity contribution in [1.82, 2.24) is 14.6 Å². The van der Waals surface area contributed by atoms with E-state index < -0.39 is 0 Å². The maximum absolute atomic E-state index is 8.90. The molecule has 0 saturated heterocycles. The van der Waals surface area contributed by atoms with Gasteiger partial charge in [0.05, 0.1) is 0 Å². The summed E-state index contributed by atoms with van der Waals surface area (Å²) in [5.41, 5.74) is 8.26. The number of hydrogen-bond donors (Lipinski definition) is 2. The van der Waals surface area contributed by atoms with E-state index in [0.29, 0.717) is 5.56 Å². The Morgan fingerprint density at radius 1 is 1.29 bits per heavy atom. The third-order valence-electron chi connectivity index (χ3n) is 3.00. The van der Waals surface area contributed by atoms with E-state index in [1.54, 1.807) is 0 Å². The van der Waals surface area contributed by atoms with Crippen molar-refractivity contribution in [3.05, 3.63) is 53.7 Å². The molecule has 1 aromatic carbocycles. The summed E-state index contributed by atoms with van der Waals surface area (Å²) >= 11 is 1.43. The molecule has 0 spiro atoms. The average Bonchev–Trinajstić information content (AvgIpc) is 2.90. The van der Waals surface area contributed by atoms with Crippen molar-refractivity contribution in [2.75, 3.05) is 0 Å². The number of nitrogens with two attached hydrogens (primary N) is 1. The van der Waals surface area contributed by atoms with Crippen molar-refractivity contribution >= 4 is 23.2 Å². The average molecular weight is 299 g/mol. The van der Waals surface area contributed by atoms with Crippen LogP contribution in [0.1, 0.15) is 11.1 Å². The highest BCUT2D eigenvalue weighted by atomic mass is 32.2. The summed E-state index contributed by atoms with van der Waals surface area (Å²) in [6, 6.07) is 11.4. The third kappa shape index (κ3) is 2.55. The van der Waals surface area contributed by atoms with Crippen LogP contribution in [0.15, 0.2) is 57.8 Å². The molecule has 21 heavy (non-hydrogen) atoms. The van der Waals surface area contributed by atoms with E-state index in [0.717, 1.165) is 21.3 Å². The Labute approximate surface area is 125 Å². The molecule has 0 radical (unpaired) electrons. The van der Waals surface area contributed by atoms with E-state index in [9.17, 15) is 0 Å². The largest absolute Gasteiger partial charge is 0.409 e. The molecule has 0 aliphatic heterocycles. The van der Waals surface area contributed by atoms with Gasteiger partial charge >= 0.3 is 0 Å². The molecule has 0 saturated carbocycles. The summed E-state index contributed by atoms with van der Waals surface area (Å²) in [5, 5.41) is 21.0. The van der Waals surface area contributed by atoms with Crippen LogP contribution in [0, 0.1) is 6.92 Å².